The molecule has 0 aromatic heterocycles. The molecule has 21 heavy (non-hydrogen) atoms. The Morgan fingerprint density at radius 3 is 2.67 bits per heavy atom. The van der Waals surface area contributed by atoms with Crippen molar-refractivity contribution in [2.75, 3.05) is 26.3 Å². The van der Waals surface area contributed by atoms with E-state index >= 15 is 0 Å². The summed E-state index contributed by atoms with van der Waals surface area (Å²) in [5.74, 6) is 0.179. The molecule has 1 fully saturated rings. The summed E-state index contributed by atoms with van der Waals surface area (Å²) in [5.41, 5.74) is 0. The van der Waals surface area contributed by atoms with E-state index in [9.17, 15) is 9.59 Å². The van der Waals surface area contributed by atoms with Crippen molar-refractivity contribution >= 4 is 12.0 Å². The number of ether oxygens (including phenoxy) is 1. The molecule has 0 saturated carbocycles. The summed E-state index contributed by atoms with van der Waals surface area (Å²) in [6.07, 6.45) is 4.70. The molecule has 3 N–H and O–H groups in total. The number of aliphatic carboxylic acids is 1. The summed E-state index contributed by atoms with van der Waals surface area (Å²) in [4.78, 5) is 22.1. The Hall–Kier alpha value is -1.30. The predicted molar refractivity (Wildman–Crippen MR) is 80.2 cm³/mol. The molecule has 2 amide bonds. The van der Waals surface area contributed by atoms with Gasteiger partial charge in [0.25, 0.3) is 0 Å². The summed E-state index contributed by atoms with van der Waals surface area (Å²) in [6.45, 7) is 4.97. The van der Waals surface area contributed by atoms with Gasteiger partial charge in [-0.05, 0) is 37.5 Å². The van der Waals surface area contributed by atoms with Crippen LogP contribution in [0.4, 0.5) is 4.79 Å². The molecule has 122 valence electrons. The molecule has 2 unspecified atom stereocenters. The lowest BCUT2D eigenvalue weighted by molar-refractivity contribution is -0.137. The highest BCUT2D eigenvalue weighted by molar-refractivity contribution is 5.73. The van der Waals surface area contributed by atoms with Crippen LogP contribution < -0.4 is 10.6 Å². The van der Waals surface area contributed by atoms with Crippen LogP contribution in [0.5, 0.6) is 0 Å². The highest BCUT2D eigenvalue weighted by Crippen LogP contribution is 2.15. The van der Waals surface area contributed by atoms with Crippen molar-refractivity contribution in [3.8, 4) is 0 Å². The van der Waals surface area contributed by atoms with Crippen LogP contribution in [0.25, 0.3) is 0 Å². The van der Waals surface area contributed by atoms with E-state index in [-0.39, 0.29) is 12.5 Å². The van der Waals surface area contributed by atoms with Crippen LogP contribution in [0, 0.1) is 11.8 Å². The summed E-state index contributed by atoms with van der Waals surface area (Å²) in [5, 5.41) is 14.4. The smallest absolute Gasteiger partial charge is 0.314 e. The zero-order valence-electron chi connectivity index (χ0n) is 12.9. The number of rotatable bonds is 10. The molecular formula is C15H28N2O4. The SMILES string of the molecule is CCC(CCNC(=O)NCCC1CCOC1)CCC(=O)O. The molecule has 1 aliphatic heterocycles. The van der Waals surface area contributed by atoms with E-state index in [0.717, 1.165) is 38.9 Å². The zero-order valence-corrected chi connectivity index (χ0v) is 12.9. The van der Waals surface area contributed by atoms with E-state index in [1.54, 1.807) is 0 Å². The first kappa shape index (κ1) is 17.8. The molecule has 0 aromatic rings. The number of carboxylic acid groups (broad SMARTS) is 1. The van der Waals surface area contributed by atoms with Crippen molar-refractivity contribution in [1.29, 1.82) is 0 Å². The Labute approximate surface area is 126 Å². The van der Waals surface area contributed by atoms with E-state index in [0.29, 0.717) is 31.3 Å². The fourth-order valence-electron chi connectivity index (χ4n) is 2.53. The second kappa shape index (κ2) is 10.4. The number of urea groups is 1. The maximum absolute atomic E-state index is 11.6. The van der Waals surface area contributed by atoms with Gasteiger partial charge in [-0.25, -0.2) is 4.79 Å². The minimum atomic E-state index is -0.755. The number of carbonyl (C=O) groups excluding carboxylic acids is 1. The van der Waals surface area contributed by atoms with Gasteiger partial charge in [0.2, 0.25) is 0 Å². The van der Waals surface area contributed by atoms with Gasteiger partial charge in [-0.15, -0.1) is 0 Å². The third-order valence-electron chi connectivity index (χ3n) is 4.04. The first-order chi connectivity index (χ1) is 10.1. The molecule has 0 spiro atoms. The van der Waals surface area contributed by atoms with Crippen molar-refractivity contribution in [2.24, 2.45) is 11.8 Å². The number of hydrogen-bond acceptors (Lipinski definition) is 3. The summed E-state index contributed by atoms with van der Waals surface area (Å²) in [7, 11) is 0. The third-order valence-corrected chi connectivity index (χ3v) is 4.04. The van der Waals surface area contributed by atoms with Gasteiger partial charge in [0.1, 0.15) is 0 Å². The molecule has 0 radical (unpaired) electrons. The summed E-state index contributed by atoms with van der Waals surface area (Å²) < 4.78 is 5.29. The lowest BCUT2D eigenvalue weighted by Gasteiger charge is -2.14. The average Bonchev–Trinajstić information content (AvgIpc) is 2.95. The Balaban J connectivity index is 2.01. The van der Waals surface area contributed by atoms with Crippen molar-refractivity contribution in [2.45, 2.75) is 45.4 Å². The topological polar surface area (TPSA) is 87.7 Å². The molecule has 1 saturated heterocycles. The van der Waals surface area contributed by atoms with Crippen molar-refractivity contribution in [1.82, 2.24) is 10.6 Å². The van der Waals surface area contributed by atoms with Gasteiger partial charge in [-0.3, -0.25) is 4.79 Å². The Kier molecular flexibility index (Phi) is 8.82. The predicted octanol–water partition coefficient (Wildman–Crippen LogP) is 1.99. The van der Waals surface area contributed by atoms with Crippen LogP contribution in [0.15, 0.2) is 0 Å². The Bertz CT molecular complexity index is 317. The van der Waals surface area contributed by atoms with Gasteiger partial charge < -0.3 is 20.5 Å². The fraction of sp³-hybridized carbons (Fsp3) is 0.867. The summed E-state index contributed by atoms with van der Waals surface area (Å²) >= 11 is 0. The van der Waals surface area contributed by atoms with Gasteiger partial charge in [-0.2, -0.15) is 0 Å². The second-order valence-corrected chi connectivity index (χ2v) is 5.70. The largest absolute Gasteiger partial charge is 0.481 e. The van der Waals surface area contributed by atoms with Gasteiger partial charge >= 0.3 is 12.0 Å². The lowest BCUT2D eigenvalue weighted by atomic mass is 9.97. The second-order valence-electron chi connectivity index (χ2n) is 5.70. The van der Waals surface area contributed by atoms with Gasteiger partial charge in [0.05, 0.1) is 0 Å². The van der Waals surface area contributed by atoms with E-state index in [1.807, 2.05) is 0 Å². The van der Waals surface area contributed by atoms with Gasteiger partial charge in [0, 0.05) is 32.7 Å². The Morgan fingerprint density at radius 2 is 2.05 bits per heavy atom. The van der Waals surface area contributed by atoms with E-state index in [1.165, 1.54) is 0 Å². The molecule has 6 heteroatoms. The molecule has 1 rings (SSSR count). The van der Waals surface area contributed by atoms with Crippen LogP contribution in [0.3, 0.4) is 0 Å². The van der Waals surface area contributed by atoms with E-state index in [4.69, 9.17) is 9.84 Å². The van der Waals surface area contributed by atoms with E-state index in [2.05, 4.69) is 17.6 Å². The minimum absolute atomic E-state index is 0.137. The van der Waals surface area contributed by atoms with Crippen LogP contribution in [-0.2, 0) is 9.53 Å². The molecule has 6 nitrogen and oxygen atoms in total. The number of carboxylic acids is 1. The van der Waals surface area contributed by atoms with Gasteiger partial charge in [0.15, 0.2) is 0 Å². The molecule has 0 bridgehead atoms. The molecule has 1 aliphatic rings. The normalized spacial score (nSPS) is 19.2. The lowest BCUT2D eigenvalue weighted by Crippen LogP contribution is -2.37. The maximum atomic E-state index is 11.6. The first-order valence-electron chi connectivity index (χ1n) is 7.93. The fourth-order valence-corrected chi connectivity index (χ4v) is 2.53. The molecule has 2 atom stereocenters. The maximum Gasteiger partial charge on any atom is 0.314 e. The Morgan fingerprint density at radius 1 is 1.29 bits per heavy atom. The van der Waals surface area contributed by atoms with Crippen LogP contribution in [0.1, 0.15) is 45.4 Å². The summed E-state index contributed by atoms with van der Waals surface area (Å²) in [6, 6.07) is -0.137. The van der Waals surface area contributed by atoms with E-state index < -0.39 is 5.97 Å². The number of carbonyl (C=O) groups is 2. The van der Waals surface area contributed by atoms with Crippen LogP contribution in [0.2, 0.25) is 0 Å². The number of amides is 2. The molecule has 1 heterocycles. The highest BCUT2D eigenvalue weighted by atomic mass is 16.5. The number of nitrogens with one attached hydrogen (secondary N) is 2. The van der Waals surface area contributed by atoms with Gasteiger partial charge in [-0.1, -0.05) is 13.3 Å². The third kappa shape index (κ3) is 8.55. The van der Waals surface area contributed by atoms with Crippen LogP contribution >= 0.6 is 0 Å². The molecule has 0 aliphatic carbocycles. The zero-order chi connectivity index (χ0) is 15.5. The van der Waals surface area contributed by atoms with Crippen molar-refractivity contribution in [3.05, 3.63) is 0 Å². The molecular weight excluding hydrogens is 272 g/mol. The van der Waals surface area contributed by atoms with Crippen molar-refractivity contribution < 1.29 is 19.4 Å². The standard InChI is InChI=1S/C15H28N2O4/c1-2-12(3-4-14(18)19)5-8-16-15(20)17-9-6-13-7-10-21-11-13/h12-13H,2-11H2,1H3,(H,18,19)(H2,16,17,20). The monoisotopic (exact) mass is 300 g/mol. The molecule has 0 aromatic carbocycles. The number of hydrogen-bond donors (Lipinski definition) is 3. The van der Waals surface area contributed by atoms with Crippen LogP contribution in [-0.4, -0.2) is 43.4 Å². The van der Waals surface area contributed by atoms with Crippen molar-refractivity contribution in [3.63, 3.8) is 0 Å². The quantitative estimate of drug-likeness (QED) is 0.576. The highest BCUT2D eigenvalue weighted by Gasteiger charge is 2.15. The first-order valence-corrected chi connectivity index (χ1v) is 7.93. The minimum Gasteiger partial charge on any atom is -0.481 e. The average molecular weight is 300 g/mol.